The monoisotopic (exact) mass is 243 g/mol. The van der Waals surface area contributed by atoms with Crippen LogP contribution in [0.1, 0.15) is 0 Å². The predicted octanol–water partition coefficient (Wildman–Crippen LogP) is 1.70. The van der Waals surface area contributed by atoms with Crippen molar-refractivity contribution in [3.8, 4) is 0 Å². The van der Waals surface area contributed by atoms with Crippen LogP contribution in [0.4, 0.5) is 5.69 Å². The lowest BCUT2D eigenvalue weighted by Crippen LogP contribution is -2.17. The maximum Gasteiger partial charge on any atom is 0.274 e. The van der Waals surface area contributed by atoms with Gasteiger partial charge in [-0.25, -0.2) is 0 Å². The van der Waals surface area contributed by atoms with Gasteiger partial charge in [-0.2, -0.15) is 0 Å². The van der Waals surface area contributed by atoms with Crippen LogP contribution in [-0.2, 0) is 7.05 Å². The average molecular weight is 243 g/mol. The van der Waals surface area contributed by atoms with Crippen LogP contribution >= 0.6 is 0 Å². The average Bonchev–Trinajstić information content (AvgIpc) is 2.72. The highest BCUT2D eigenvalue weighted by molar-refractivity contribution is 5.88. The van der Waals surface area contributed by atoms with E-state index in [0.29, 0.717) is 11.0 Å². The molecule has 3 rings (SSSR count). The van der Waals surface area contributed by atoms with Gasteiger partial charge in [0.2, 0.25) is 0 Å². The maximum atomic E-state index is 11.9. The largest absolute Gasteiger partial charge is 0.315 e. The second-order valence-electron chi connectivity index (χ2n) is 4.11. The van der Waals surface area contributed by atoms with Gasteiger partial charge in [0.25, 0.3) is 11.2 Å². The first-order chi connectivity index (χ1) is 8.58. The van der Waals surface area contributed by atoms with Crippen LogP contribution in [0, 0.1) is 10.1 Å². The Labute approximate surface area is 101 Å². The van der Waals surface area contributed by atoms with E-state index in [4.69, 9.17) is 0 Å². The lowest BCUT2D eigenvalue weighted by molar-refractivity contribution is -0.384. The van der Waals surface area contributed by atoms with Crippen molar-refractivity contribution in [2.24, 2.45) is 7.05 Å². The highest BCUT2D eigenvalue weighted by Crippen LogP contribution is 2.23. The summed E-state index contributed by atoms with van der Waals surface area (Å²) >= 11 is 0. The van der Waals surface area contributed by atoms with Crippen molar-refractivity contribution in [2.75, 3.05) is 0 Å². The van der Waals surface area contributed by atoms with Gasteiger partial charge in [0.15, 0.2) is 0 Å². The number of aromatic nitrogens is 2. The third-order valence-electron chi connectivity index (χ3n) is 3.01. The molecule has 0 unspecified atom stereocenters. The Kier molecular flexibility index (Phi) is 2.00. The zero-order valence-electron chi connectivity index (χ0n) is 9.53. The van der Waals surface area contributed by atoms with E-state index in [-0.39, 0.29) is 11.2 Å². The molecule has 0 bridgehead atoms. The van der Waals surface area contributed by atoms with Gasteiger partial charge in [-0.15, -0.1) is 0 Å². The molecule has 18 heavy (non-hydrogen) atoms. The van der Waals surface area contributed by atoms with Crippen molar-refractivity contribution < 1.29 is 4.92 Å². The predicted molar refractivity (Wildman–Crippen MR) is 66.8 cm³/mol. The van der Waals surface area contributed by atoms with Crippen LogP contribution in [0.3, 0.4) is 0 Å². The van der Waals surface area contributed by atoms with Crippen molar-refractivity contribution in [1.29, 1.82) is 0 Å². The quantitative estimate of drug-likeness (QED) is 0.482. The molecule has 2 heterocycles. The molecule has 6 nitrogen and oxygen atoms in total. The van der Waals surface area contributed by atoms with Crippen molar-refractivity contribution in [3.63, 3.8) is 0 Å². The first-order valence-corrected chi connectivity index (χ1v) is 5.33. The van der Waals surface area contributed by atoms with Gasteiger partial charge in [-0.1, -0.05) is 0 Å². The van der Waals surface area contributed by atoms with Gasteiger partial charge in [0.05, 0.1) is 10.4 Å². The fraction of sp³-hybridized carbons (Fsp3) is 0.0833. The van der Waals surface area contributed by atoms with Gasteiger partial charge in [0.1, 0.15) is 5.52 Å². The number of aryl methyl sites for hydroxylation is 1. The number of nitro benzene ring substituents is 1. The van der Waals surface area contributed by atoms with Crippen LogP contribution in [0.15, 0.2) is 41.5 Å². The fourth-order valence-corrected chi connectivity index (χ4v) is 2.06. The maximum absolute atomic E-state index is 11.9. The Morgan fingerprint density at radius 1 is 1.17 bits per heavy atom. The van der Waals surface area contributed by atoms with Gasteiger partial charge in [-0.3, -0.25) is 14.9 Å². The summed E-state index contributed by atoms with van der Waals surface area (Å²) in [6, 6.07) is 6.30. The molecule has 0 spiro atoms. The molecular formula is C12H9N3O3. The Morgan fingerprint density at radius 2 is 1.94 bits per heavy atom. The van der Waals surface area contributed by atoms with E-state index in [1.807, 2.05) is 0 Å². The molecule has 0 saturated carbocycles. The zero-order chi connectivity index (χ0) is 12.9. The number of rotatable bonds is 1. The van der Waals surface area contributed by atoms with Crippen LogP contribution in [0.5, 0.6) is 0 Å². The van der Waals surface area contributed by atoms with Crippen molar-refractivity contribution in [2.45, 2.75) is 0 Å². The highest BCUT2D eigenvalue weighted by atomic mass is 16.6. The molecule has 3 aromatic rings. The molecular weight excluding hydrogens is 234 g/mol. The zero-order valence-corrected chi connectivity index (χ0v) is 9.53. The minimum absolute atomic E-state index is 0.0168. The number of non-ortho nitro benzene ring substituents is 1. The number of hydrogen-bond acceptors (Lipinski definition) is 3. The summed E-state index contributed by atoms with van der Waals surface area (Å²) in [5, 5.41) is 11.6. The van der Waals surface area contributed by atoms with Gasteiger partial charge in [0, 0.05) is 37.0 Å². The number of benzene rings is 1. The Hall–Kier alpha value is -2.63. The summed E-state index contributed by atoms with van der Waals surface area (Å²) < 4.78 is 3.15. The molecule has 0 N–H and O–H groups in total. The Balaban J connectivity index is 2.49. The number of nitrogens with zero attached hydrogens (tertiary/aromatic N) is 3. The standard InChI is InChI=1S/C12H9N3O3/c1-13-4-5-14-10-7-9(15(17)18)3-2-8(10)6-11(14)12(13)16/h2-7H,1H3. The van der Waals surface area contributed by atoms with E-state index in [0.717, 1.165) is 5.39 Å². The highest BCUT2D eigenvalue weighted by Gasteiger charge is 2.11. The number of hydrogen-bond donors (Lipinski definition) is 0. The molecule has 0 fully saturated rings. The van der Waals surface area contributed by atoms with Gasteiger partial charge < -0.3 is 8.97 Å². The summed E-state index contributed by atoms with van der Waals surface area (Å²) in [5.74, 6) is 0. The third-order valence-corrected chi connectivity index (χ3v) is 3.01. The lowest BCUT2D eigenvalue weighted by atomic mass is 10.2. The van der Waals surface area contributed by atoms with Crippen LogP contribution in [0.25, 0.3) is 16.4 Å². The normalized spacial score (nSPS) is 11.2. The summed E-state index contributed by atoms with van der Waals surface area (Å²) in [4.78, 5) is 22.2. The molecule has 6 heteroatoms. The molecule has 0 aliphatic heterocycles. The molecule has 0 aliphatic carbocycles. The van der Waals surface area contributed by atoms with Crippen LogP contribution < -0.4 is 5.56 Å². The number of fused-ring (bicyclic) bond motifs is 3. The fourth-order valence-electron chi connectivity index (χ4n) is 2.06. The summed E-state index contributed by atoms with van der Waals surface area (Å²) in [7, 11) is 1.67. The molecule has 1 aromatic carbocycles. The van der Waals surface area contributed by atoms with E-state index in [9.17, 15) is 14.9 Å². The molecule has 0 aliphatic rings. The summed E-state index contributed by atoms with van der Waals surface area (Å²) in [6.07, 6.45) is 3.36. The summed E-state index contributed by atoms with van der Waals surface area (Å²) in [5.41, 5.74) is 1.06. The minimum atomic E-state index is -0.445. The Bertz CT molecular complexity index is 845. The van der Waals surface area contributed by atoms with E-state index >= 15 is 0 Å². The van der Waals surface area contributed by atoms with E-state index in [1.165, 1.54) is 16.7 Å². The SMILES string of the molecule is Cn1ccn2c(cc3ccc([N+](=O)[O-])cc32)c1=O. The van der Waals surface area contributed by atoms with Gasteiger partial charge >= 0.3 is 0 Å². The van der Waals surface area contributed by atoms with Crippen molar-refractivity contribution in [1.82, 2.24) is 8.97 Å². The second-order valence-corrected chi connectivity index (χ2v) is 4.11. The van der Waals surface area contributed by atoms with E-state index < -0.39 is 4.92 Å². The molecule has 0 amide bonds. The molecule has 0 radical (unpaired) electrons. The van der Waals surface area contributed by atoms with E-state index in [2.05, 4.69) is 0 Å². The van der Waals surface area contributed by atoms with Crippen LogP contribution in [0.2, 0.25) is 0 Å². The Morgan fingerprint density at radius 3 is 2.67 bits per heavy atom. The van der Waals surface area contributed by atoms with E-state index in [1.54, 1.807) is 36.0 Å². The lowest BCUT2D eigenvalue weighted by Gasteiger charge is -1.99. The van der Waals surface area contributed by atoms with Crippen molar-refractivity contribution in [3.05, 3.63) is 57.1 Å². The second kappa shape index (κ2) is 3.43. The third kappa shape index (κ3) is 1.32. The molecule has 2 aromatic heterocycles. The van der Waals surface area contributed by atoms with Gasteiger partial charge in [-0.05, 0) is 12.1 Å². The molecule has 0 atom stereocenters. The first-order valence-electron chi connectivity index (χ1n) is 5.33. The minimum Gasteiger partial charge on any atom is -0.315 e. The topological polar surface area (TPSA) is 69.6 Å². The smallest absolute Gasteiger partial charge is 0.274 e. The summed E-state index contributed by atoms with van der Waals surface area (Å²) in [6.45, 7) is 0. The first kappa shape index (κ1) is 10.5. The number of nitro groups is 1. The van der Waals surface area contributed by atoms with Crippen molar-refractivity contribution >= 4 is 22.1 Å². The molecule has 0 saturated heterocycles. The van der Waals surface area contributed by atoms with Crippen LogP contribution in [-0.4, -0.2) is 13.9 Å². The molecule has 90 valence electrons.